The maximum Gasteiger partial charge on any atom is 0.253 e. The number of likely N-dealkylation sites (tertiary alicyclic amines) is 1. The molecular weight excluding hydrogens is 181 g/mol. The van der Waals surface area contributed by atoms with Crippen molar-refractivity contribution >= 4 is 5.91 Å². The zero-order chi connectivity index (χ0) is 10.1. The monoisotopic (exact) mass is 193 g/mol. The van der Waals surface area contributed by atoms with E-state index in [1.807, 2.05) is 0 Å². The highest BCUT2D eigenvalue weighted by atomic mass is 19.1. The number of carbonyl (C=O) groups excluding carboxylic acids is 1. The first kappa shape index (κ1) is 9.19. The van der Waals surface area contributed by atoms with Crippen LogP contribution in [0.2, 0.25) is 0 Å². The summed E-state index contributed by atoms with van der Waals surface area (Å²) in [5.74, 6) is -0.246. The molecule has 0 bridgehead atoms. The van der Waals surface area contributed by atoms with E-state index in [2.05, 4.69) is 0 Å². The van der Waals surface area contributed by atoms with Crippen LogP contribution in [0.15, 0.2) is 18.2 Å². The van der Waals surface area contributed by atoms with Gasteiger partial charge in [0.05, 0.1) is 0 Å². The van der Waals surface area contributed by atoms with Crippen LogP contribution in [0.5, 0.6) is 0 Å². The minimum absolute atomic E-state index is 0.0133. The Morgan fingerprint density at radius 3 is 2.64 bits per heavy atom. The third kappa shape index (κ3) is 1.50. The largest absolute Gasteiger partial charge is 0.339 e. The maximum absolute atomic E-state index is 12.9. The predicted molar refractivity (Wildman–Crippen MR) is 51.7 cm³/mol. The quantitative estimate of drug-likeness (QED) is 0.667. The van der Waals surface area contributed by atoms with Crippen LogP contribution in [0.4, 0.5) is 4.39 Å². The van der Waals surface area contributed by atoms with Crippen molar-refractivity contribution in [3.8, 4) is 0 Å². The number of hydrogen-bond acceptors (Lipinski definition) is 1. The molecule has 1 aromatic rings. The van der Waals surface area contributed by atoms with Crippen LogP contribution in [0.3, 0.4) is 0 Å². The number of halogens is 1. The fourth-order valence-electron chi connectivity index (χ4n) is 1.48. The predicted octanol–water partition coefficient (Wildman–Crippen LogP) is 1.98. The summed E-state index contributed by atoms with van der Waals surface area (Å²) in [5, 5.41) is 0. The third-order valence-electron chi connectivity index (χ3n) is 2.55. The van der Waals surface area contributed by atoms with E-state index >= 15 is 0 Å². The molecule has 1 saturated heterocycles. The topological polar surface area (TPSA) is 20.3 Å². The first-order valence-corrected chi connectivity index (χ1v) is 4.74. The number of rotatable bonds is 1. The van der Waals surface area contributed by atoms with Crippen molar-refractivity contribution in [2.45, 2.75) is 13.3 Å². The van der Waals surface area contributed by atoms with Gasteiger partial charge in [-0.2, -0.15) is 0 Å². The molecule has 0 unspecified atom stereocenters. The lowest BCUT2D eigenvalue weighted by molar-refractivity contribution is 0.0651. The molecule has 0 saturated carbocycles. The molecule has 1 aromatic carbocycles. The van der Waals surface area contributed by atoms with Crippen LogP contribution in [-0.4, -0.2) is 23.9 Å². The second-order valence-corrected chi connectivity index (χ2v) is 3.61. The van der Waals surface area contributed by atoms with Crippen LogP contribution >= 0.6 is 0 Å². The molecule has 0 radical (unpaired) electrons. The van der Waals surface area contributed by atoms with E-state index in [0.717, 1.165) is 19.5 Å². The van der Waals surface area contributed by atoms with E-state index in [0.29, 0.717) is 11.1 Å². The van der Waals surface area contributed by atoms with Gasteiger partial charge in [0.2, 0.25) is 0 Å². The molecule has 0 atom stereocenters. The lowest BCUT2D eigenvalue weighted by Gasteiger charge is -2.30. The summed E-state index contributed by atoms with van der Waals surface area (Å²) in [7, 11) is 0. The third-order valence-corrected chi connectivity index (χ3v) is 2.55. The molecule has 1 heterocycles. The summed E-state index contributed by atoms with van der Waals surface area (Å²) < 4.78 is 12.9. The second-order valence-electron chi connectivity index (χ2n) is 3.61. The van der Waals surface area contributed by atoms with Crippen molar-refractivity contribution in [2.24, 2.45) is 0 Å². The Hall–Kier alpha value is -1.38. The van der Waals surface area contributed by atoms with E-state index < -0.39 is 0 Å². The van der Waals surface area contributed by atoms with Crippen molar-refractivity contribution in [3.63, 3.8) is 0 Å². The molecule has 14 heavy (non-hydrogen) atoms. The van der Waals surface area contributed by atoms with Gasteiger partial charge in [0.15, 0.2) is 0 Å². The molecule has 1 aliphatic rings. The molecule has 3 heteroatoms. The SMILES string of the molecule is Cc1cc(C(=O)N2CCC2)ccc1F. The zero-order valence-corrected chi connectivity index (χ0v) is 8.09. The number of amides is 1. The Labute approximate surface area is 82.3 Å². The number of aryl methyl sites for hydroxylation is 1. The van der Waals surface area contributed by atoms with Gasteiger partial charge in [0.1, 0.15) is 5.82 Å². The Bertz CT molecular complexity index is 372. The van der Waals surface area contributed by atoms with Crippen molar-refractivity contribution in [3.05, 3.63) is 35.1 Å². The average Bonchev–Trinajstić information content (AvgIpc) is 2.06. The van der Waals surface area contributed by atoms with E-state index in [1.54, 1.807) is 24.0 Å². The van der Waals surface area contributed by atoms with Crippen molar-refractivity contribution in [1.29, 1.82) is 0 Å². The van der Waals surface area contributed by atoms with Gasteiger partial charge in [-0.05, 0) is 37.1 Å². The van der Waals surface area contributed by atoms with Gasteiger partial charge in [0.25, 0.3) is 5.91 Å². The van der Waals surface area contributed by atoms with Crippen molar-refractivity contribution in [2.75, 3.05) is 13.1 Å². The number of hydrogen-bond donors (Lipinski definition) is 0. The van der Waals surface area contributed by atoms with E-state index in [9.17, 15) is 9.18 Å². The average molecular weight is 193 g/mol. The summed E-state index contributed by atoms with van der Waals surface area (Å²) >= 11 is 0. The highest BCUT2D eigenvalue weighted by molar-refractivity contribution is 5.94. The van der Waals surface area contributed by atoms with E-state index in [4.69, 9.17) is 0 Å². The minimum atomic E-state index is -0.259. The van der Waals surface area contributed by atoms with Crippen molar-refractivity contribution < 1.29 is 9.18 Å². The summed E-state index contributed by atoms with van der Waals surface area (Å²) in [5.41, 5.74) is 1.11. The first-order chi connectivity index (χ1) is 6.68. The van der Waals surface area contributed by atoms with Gasteiger partial charge >= 0.3 is 0 Å². The van der Waals surface area contributed by atoms with Gasteiger partial charge < -0.3 is 4.90 Å². The van der Waals surface area contributed by atoms with Gasteiger partial charge in [-0.15, -0.1) is 0 Å². The van der Waals surface area contributed by atoms with Crippen LogP contribution in [0, 0.1) is 12.7 Å². The molecule has 74 valence electrons. The lowest BCUT2D eigenvalue weighted by Crippen LogP contribution is -2.42. The highest BCUT2D eigenvalue weighted by Crippen LogP contribution is 2.15. The lowest BCUT2D eigenvalue weighted by atomic mass is 10.1. The highest BCUT2D eigenvalue weighted by Gasteiger charge is 2.21. The number of carbonyl (C=O) groups is 1. The van der Waals surface area contributed by atoms with E-state index in [-0.39, 0.29) is 11.7 Å². The molecule has 2 rings (SSSR count). The Balaban J connectivity index is 2.23. The van der Waals surface area contributed by atoms with Gasteiger partial charge in [0, 0.05) is 18.7 Å². The van der Waals surface area contributed by atoms with Gasteiger partial charge in [-0.25, -0.2) is 4.39 Å². The smallest absolute Gasteiger partial charge is 0.253 e. The molecule has 0 aliphatic carbocycles. The Morgan fingerprint density at radius 2 is 2.14 bits per heavy atom. The molecule has 1 amide bonds. The summed E-state index contributed by atoms with van der Waals surface area (Å²) in [4.78, 5) is 13.5. The molecular formula is C11H12FNO. The van der Waals surface area contributed by atoms with Gasteiger partial charge in [-0.3, -0.25) is 4.79 Å². The molecule has 0 aromatic heterocycles. The van der Waals surface area contributed by atoms with Crippen molar-refractivity contribution in [1.82, 2.24) is 4.90 Å². The first-order valence-electron chi connectivity index (χ1n) is 4.74. The Kier molecular flexibility index (Phi) is 2.23. The molecule has 0 spiro atoms. The van der Waals surface area contributed by atoms with Crippen LogP contribution in [-0.2, 0) is 0 Å². The normalized spacial score (nSPS) is 15.1. The van der Waals surface area contributed by atoms with E-state index in [1.165, 1.54) is 6.07 Å². The number of benzene rings is 1. The molecule has 1 fully saturated rings. The minimum Gasteiger partial charge on any atom is -0.339 e. The number of nitrogens with zero attached hydrogens (tertiary/aromatic N) is 1. The maximum atomic E-state index is 12.9. The van der Waals surface area contributed by atoms with Crippen LogP contribution < -0.4 is 0 Å². The summed E-state index contributed by atoms with van der Waals surface area (Å²) in [6.07, 6.45) is 1.08. The molecule has 2 nitrogen and oxygen atoms in total. The van der Waals surface area contributed by atoms with Gasteiger partial charge in [-0.1, -0.05) is 0 Å². The van der Waals surface area contributed by atoms with Crippen LogP contribution in [0.1, 0.15) is 22.3 Å². The molecule has 0 N–H and O–H groups in total. The summed E-state index contributed by atoms with van der Waals surface area (Å²) in [6, 6.07) is 4.50. The standard InChI is InChI=1S/C11H12FNO/c1-8-7-9(3-4-10(8)12)11(14)13-5-2-6-13/h3-4,7H,2,5-6H2,1H3. The fraction of sp³-hybridized carbons (Fsp3) is 0.364. The van der Waals surface area contributed by atoms with Crippen LogP contribution in [0.25, 0.3) is 0 Å². The summed E-state index contributed by atoms with van der Waals surface area (Å²) in [6.45, 7) is 3.33. The second kappa shape index (κ2) is 3.40. The zero-order valence-electron chi connectivity index (χ0n) is 8.09. The Morgan fingerprint density at radius 1 is 1.43 bits per heavy atom. The molecule has 1 aliphatic heterocycles. The fourth-order valence-corrected chi connectivity index (χ4v) is 1.48.